The number of amides is 1. The standard InChI is InChI=1S/C13H10Br2F2N2O/c1-2-19-6-7(14)3-11(19)13(20)18-12-9(15)4-8(16)5-10(12)17/h3-6H,2H2,1H3,(H,18,20). The molecule has 2 rings (SSSR count). The first-order chi connectivity index (χ1) is 9.42. The Hall–Kier alpha value is -1.21. The number of carbonyl (C=O) groups is 1. The molecular weight excluding hydrogens is 398 g/mol. The Kier molecular flexibility index (Phi) is 4.59. The summed E-state index contributed by atoms with van der Waals surface area (Å²) in [6, 6.07) is 3.44. The second-order valence-electron chi connectivity index (χ2n) is 4.03. The van der Waals surface area contributed by atoms with Crippen molar-refractivity contribution in [3.63, 3.8) is 0 Å². The minimum atomic E-state index is -0.834. The van der Waals surface area contributed by atoms with Crippen LogP contribution in [0.4, 0.5) is 14.5 Å². The zero-order chi connectivity index (χ0) is 14.9. The van der Waals surface area contributed by atoms with Gasteiger partial charge < -0.3 is 9.88 Å². The third-order valence-electron chi connectivity index (χ3n) is 2.68. The smallest absolute Gasteiger partial charge is 0.272 e. The first-order valence-corrected chi connectivity index (χ1v) is 7.32. The second kappa shape index (κ2) is 6.05. The molecule has 1 aromatic carbocycles. The van der Waals surface area contributed by atoms with E-state index in [1.54, 1.807) is 16.8 Å². The minimum Gasteiger partial charge on any atom is -0.343 e. The van der Waals surface area contributed by atoms with Crippen LogP contribution in [0.25, 0.3) is 0 Å². The van der Waals surface area contributed by atoms with Crippen molar-refractivity contribution in [2.45, 2.75) is 13.5 Å². The number of halogens is 4. The number of anilines is 1. The van der Waals surface area contributed by atoms with Crippen LogP contribution in [0.5, 0.6) is 0 Å². The van der Waals surface area contributed by atoms with Gasteiger partial charge in [-0.2, -0.15) is 0 Å². The van der Waals surface area contributed by atoms with Gasteiger partial charge in [0, 0.05) is 27.8 Å². The van der Waals surface area contributed by atoms with E-state index in [0.717, 1.165) is 16.6 Å². The molecule has 1 N–H and O–H groups in total. The Bertz CT molecular complexity index is 647. The molecule has 0 atom stereocenters. The molecule has 0 radical (unpaired) electrons. The predicted molar refractivity (Wildman–Crippen MR) is 79.8 cm³/mol. The van der Waals surface area contributed by atoms with E-state index in [1.165, 1.54) is 0 Å². The Morgan fingerprint density at radius 3 is 2.60 bits per heavy atom. The van der Waals surface area contributed by atoms with Gasteiger partial charge in [-0.05, 0) is 50.9 Å². The van der Waals surface area contributed by atoms with Crippen molar-refractivity contribution in [1.29, 1.82) is 0 Å². The summed E-state index contributed by atoms with van der Waals surface area (Å²) >= 11 is 6.31. The number of carbonyl (C=O) groups excluding carboxylic acids is 1. The highest BCUT2D eigenvalue weighted by molar-refractivity contribution is 9.10. The molecule has 0 aliphatic carbocycles. The van der Waals surface area contributed by atoms with Crippen molar-refractivity contribution in [3.05, 3.63) is 50.7 Å². The molecule has 0 unspecified atom stereocenters. The van der Waals surface area contributed by atoms with Gasteiger partial charge in [0.05, 0.1) is 5.69 Å². The fourth-order valence-corrected chi connectivity index (χ4v) is 2.74. The van der Waals surface area contributed by atoms with Crippen molar-refractivity contribution in [1.82, 2.24) is 4.57 Å². The van der Waals surface area contributed by atoms with Crippen LogP contribution < -0.4 is 5.32 Å². The molecule has 106 valence electrons. The molecule has 0 bridgehead atoms. The van der Waals surface area contributed by atoms with Crippen LogP contribution in [0.1, 0.15) is 17.4 Å². The van der Waals surface area contributed by atoms with E-state index in [2.05, 4.69) is 37.2 Å². The second-order valence-corrected chi connectivity index (χ2v) is 5.80. The highest BCUT2D eigenvalue weighted by atomic mass is 79.9. The van der Waals surface area contributed by atoms with Gasteiger partial charge >= 0.3 is 0 Å². The molecule has 0 saturated heterocycles. The van der Waals surface area contributed by atoms with Gasteiger partial charge in [-0.1, -0.05) is 0 Å². The molecule has 0 aliphatic rings. The zero-order valence-corrected chi connectivity index (χ0v) is 13.6. The summed E-state index contributed by atoms with van der Waals surface area (Å²) < 4.78 is 29.3. The Morgan fingerprint density at radius 2 is 2.00 bits per heavy atom. The van der Waals surface area contributed by atoms with E-state index in [4.69, 9.17) is 0 Å². The molecule has 0 saturated carbocycles. The van der Waals surface area contributed by atoms with E-state index in [-0.39, 0.29) is 10.2 Å². The van der Waals surface area contributed by atoms with Crippen molar-refractivity contribution in [3.8, 4) is 0 Å². The van der Waals surface area contributed by atoms with Crippen LogP contribution >= 0.6 is 31.9 Å². The lowest BCUT2D eigenvalue weighted by molar-refractivity contribution is 0.101. The minimum absolute atomic E-state index is 0.0867. The number of rotatable bonds is 3. The largest absolute Gasteiger partial charge is 0.343 e. The summed E-state index contributed by atoms with van der Waals surface area (Å²) in [4.78, 5) is 12.2. The van der Waals surface area contributed by atoms with Crippen LogP contribution in [0, 0.1) is 11.6 Å². The average Bonchev–Trinajstić information content (AvgIpc) is 2.75. The maximum Gasteiger partial charge on any atom is 0.272 e. The number of hydrogen-bond acceptors (Lipinski definition) is 1. The molecule has 3 nitrogen and oxygen atoms in total. The summed E-state index contributed by atoms with van der Waals surface area (Å²) in [6.45, 7) is 2.49. The maximum absolute atomic E-state index is 13.7. The van der Waals surface area contributed by atoms with Gasteiger partial charge in [-0.3, -0.25) is 4.79 Å². The van der Waals surface area contributed by atoms with Crippen LogP contribution in [0.15, 0.2) is 33.3 Å². The third-order valence-corrected chi connectivity index (χ3v) is 3.74. The molecule has 7 heteroatoms. The van der Waals surface area contributed by atoms with Crippen LogP contribution in [-0.2, 0) is 6.54 Å². The van der Waals surface area contributed by atoms with Gasteiger partial charge in [0.25, 0.3) is 5.91 Å². The number of nitrogens with one attached hydrogen (secondary N) is 1. The molecule has 0 spiro atoms. The molecule has 1 amide bonds. The molecule has 1 heterocycles. The van der Waals surface area contributed by atoms with Gasteiger partial charge in [-0.15, -0.1) is 0 Å². The fourth-order valence-electron chi connectivity index (χ4n) is 1.77. The number of benzene rings is 1. The van der Waals surface area contributed by atoms with Crippen LogP contribution in [0.3, 0.4) is 0 Å². The summed E-state index contributed by atoms with van der Waals surface area (Å²) in [5.74, 6) is -2.02. The Balaban J connectivity index is 2.32. The van der Waals surface area contributed by atoms with Crippen LogP contribution in [-0.4, -0.2) is 10.5 Å². The quantitative estimate of drug-likeness (QED) is 0.794. The summed E-state index contributed by atoms with van der Waals surface area (Å²) in [7, 11) is 0. The lowest BCUT2D eigenvalue weighted by Crippen LogP contribution is -2.17. The first-order valence-electron chi connectivity index (χ1n) is 5.74. The monoisotopic (exact) mass is 406 g/mol. The molecule has 1 aromatic heterocycles. The van der Waals surface area contributed by atoms with E-state index in [1.807, 2.05) is 6.92 Å². The molecule has 2 aromatic rings. The van der Waals surface area contributed by atoms with E-state index < -0.39 is 17.5 Å². The van der Waals surface area contributed by atoms with Crippen molar-refractivity contribution in [2.75, 3.05) is 5.32 Å². The summed E-state index contributed by atoms with van der Waals surface area (Å²) in [5, 5.41) is 2.44. The summed E-state index contributed by atoms with van der Waals surface area (Å²) in [5.41, 5.74) is 0.298. The number of nitrogens with zero attached hydrogens (tertiary/aromatic N) is 1. The van der Waals surface area contributed by atoms with Gasteiger partial charge in [0.15, 0.2) is 5.82 Å². The Morgan fingerprint density at radius 1 is 1.30 bits per heavy atom. The first kappa shape index (κ1) is 15.2. The van der Waals surface area contributed by atoms with E-state index in [0.29, 0.717) is 12.2 Å². The zero-order valence-electron chi connectivity index (χ0n) is 10.4. The van der Waals surface area contributed by atoms with Crippen LogP contribution in [0.2, 0.25) is 0 Å². The third kappa shape index (κ3) is 3.09. The van der Waals surface area contributed by atoms with E-state index in [9.17, 15) is 13.6 Å². The molecule has 20 heavy (non-hydrogen) atoms. The maximum atomic E-state index is 13.7. The Labute approximate surface area is 131 Å². The van der Waals surface area contributed by atoms with Crippen molar-refractivity contribution < 1.29 is 13.6 Å². The lowest BCUT2D eigenvalue weighted by Gasteiger charge is -2.10. The predicted octanol–water partition coefficient (Wildman–Crippen LogP) is 4.56. The number of aryl methyl sites for hydroxylation is 1. The molecule has 0 aliphatic heterocycles. The molecular formula is C13H10Br2F2N2O. The molecule has 0 fully saturated rings. The fraction of sp³-hybridized carbons (Fsp3) is 0.154. The van der Waals surface area contributed by atoms with Crippen molar-refractivity contribution in [2.24, 2.45) is 0 Å². The average molecular weight is 408 g/mol. The van der Waals surface area contributed by atoms with Gasteiger partial charge in [0.1, 0.15) is 11.5 Å². The van der Waals surface area contributed by atoms with Gasteiger partial charge in [0.2, 0.25) is 0 Å². The van der Waals surface area contributed by atoms with Crippen molar-refractivity contribution >= 4 is 43.5 Å². The normalized spacial score (nSPS) is 10.7. The van der Waals surface area contributed by atoms with Gasteiger partial charge in [-0.25, -0.2) is 8.78 Å². The summed E-state index contributed by atoms with van der Waals surface area (Å²) in [6.07, 6.45) is 1.75. The highest BCUT2D eigenvalue weighted by Crippen LogP contribution is 2.27. The topological polar surface area (TPSA) is 34.0 Å². The SMILES string of the molecule is CCn1cc(Br)cc1C(=O)Nc1c(F)cc(F)cc1Br. The highest BCUT2D eigenvalue weighted by Gasteiger charge is 2.17. The number of aromatic nitrogens is 1. The lowest BCUT2D eigenvalue weighted by atomic mass is 10.3. The number of hydrogen-bond donors (Lipinski definition) is 1. The van der Waals surface area contributed by atoms with E-state index >= 15 is 0 Å².